The largest absolute Gasteiger partial charge is 0.383 e. The van der Waals surface area contributed by atoms with Crippen LogP contribution in [0.2, 0.25) is 0 Å². The second kappa shape index (κ2) is 6.37. The van der Waals surface area contributed by atoms with Crippen molar-refractivity contribution in [3.05, 3.63) is 15.9 Å². The smallest absolute Gasteiger partial charge is 0.0738 e. The third-order valence-electron chi connectivity index (χ3n) is 2.53. The molecule has 1 rings (SSSR count). The molecule has 16 heavy (non-hydrogen) atoms. The van der Waals surface area contributed by atoms with E-state index in [0.29, 0.717) is 6.04 Å². The zero-order chi connectivity index (χ0) is 12.1. The first-order valence-electron chi connectivity index (χ1n) is 5.48. The Bertz CT molecular complexity index is 338. The Morgan fingerprint density at radius 2 is 2.19 bits per heavy atom. The maximum atomic E-state index is 5.06. The standard InChI is InChI=1S/C11H20BrN3O/c1-8(7-16-4)13-5-6-15-10(3)11(12)9(2)14-15/h8,13H,5-7H2,1-4H3. The van der Waals surface area contributed by atoms with E-state index >= 15 is 0 Å². The van der Waals surface area contributed by atoms with Gasteiger partial charge in [-0.25, -0.2) is 0 Å². The van der Waals surface area contributed by atoms with Crippen LogP contribution >= 0.6 is 15.9 Å². The lowest BCUT2D eigenvalue weighted by Gasteiger charge is -2.12. The Kier molecular flexibility index (Phi) is 5.44. The SMILES string of the molecule is COCC(C)NCCn1nc(C)c(Br)c1C. The van der Waals surface area contributed by atoms with E-state index < -0.39 is 0 Å². The molecule has 0 amide bonds. The Labute approximate surface area is 105 Å². The van der Waals surface area contributed by atoms with Crippen molar-refractivity contribution in [3.63, 3.8) is 0 Å². The Morgan fingerprint density at radius 3 is 2.69 bits per heavy atom. The first kappa shape index (κ1) is 13.7. The number of nitrogens with one attached hydrogen (secondary N) is 1. The minimum atomic E-state index is 0.380. The topological polar surface area (TPSA) is 39.1 Å². The normalized spacial score (nSPS) is 13.1. The maximum absolute atomic E-state index is 5.06. The summed E-state index contributed by atoms with van der Waals surface area (Å²) in [7, 11) is 1.72. The molecule has 0 spiro atoms. The molecule has 4 nitrogen and oxygen atoms in total. The van der Waals surface area contributed by atoms with Crippen LogP contribution in [0.25, 0.3) is 0 Å². The molecule has 1 aromatic rings. The fourth-order valence-electron chi connectivity index (χ4n) is 1.62. The van der Waals surface area contributed by atoms with E-state index in [1.54, 1.807) is 7.11 Å². The average molecular weight is 290 g/mol. The predicted molar refractivity (Wildman–Crippen MR) is 68.7 cm³/mol. The molecule has 0 aliphatic carbocycles. The Morgan fingerprint density at radius 1 is 1.50 bits per heavy atom. The molecule has 1 unspecified atom stereocenters. The van der Waals surface area contributed by atoms with E-state index in [0.717, 1.165) is 29.9 Å². The molecule has 1 atom stereocenters. The van der Waals surface area contributed by atoms with Crippen molar-refractivity contribution < 1.29 is 4.74 Å². The Hall–Kier alpha value is -0.390. The number of rotatable bonds is 6. The van der Waals surface area contributed by atoms with E-state index in [2.05, 4.69) is 40.2 Å². The van der Waals surface area contributed by atoms with Crippen molar-refractivity contribution in [2.75, 3.05) is 20.3 Å². The monoisotopic (exact) mass is 289 g/mol. The van der Waals surface area contributed by atoms with Gasteiger partial charge in [0.25, 0.3) is 0 Å². The summed E-state index contributed by atoms with van der Waals surface area (Å²) in [4.78, 5) is 0. The lowest BCUT2D eigenvalue weighted by molar-refractivity contribution is 0.171. The molecule has 5 heteroatoms. The number of aryl methyl sites for hydroxylation is 1. The number of nitrogens with zero attached hydrogens (tertiary/aromatic N) is 2. The minimum absolute atomic E-state index is 0.380. The fourth-order valence-corrected chi connectivity index (χ4v) is 1.90. The molecule has 0 fully saturated rings. The second-order valence-electron chi connectivity index (χ2n) is 4.02. The van der Waals surface area contributed by atoms with Crippen LogP contribution in [0.3, 0.4) is 0 Å². The van der Waals surface area contributed by atoms with Crippen molar-refractivity contribution in [1.82, 2.24) is 15.1 Å². The quantitative estimate of drug-likeness (QED) is 0.869. The highest BCUT2D eigenvalue weighted by atomic mass is 79.9. The Balaban J connectivity index is 2.40. The highest BCUT2D eigenvalue weighted by Gasteiger charge is 2.08. The summed E-state index contributed by atoms with van der Waals surface area (Å²) in [6.07, 6.45) is 0. The fraction of sp³-hybridized carbons (Fsp3) is 0.727. The van der Waals surface area contributed by atoms with Crippen LogP contribution in [-0.4, -0.2) is 36.1 Å². The molecule has 1 aromatic heterocycles. The minimum Gasteiger partial charge on any atom is -0.383 e. The van der Waals surface area contributed by atoms with Gasteiger partial charge in [-0.05, 0) is 36.7 Å². The summed E-state index contributed by atoms with van der Waals surface area (Å²) in [5, 5.41) is 7.84. The van der Waals surface area contributed by atoms with E-state index in [1.807, 2.05) is 11.6 Å². The lowest BCUT2D eigenvalue weighted by atomic mass is 10.3. The highest BCUT2D eigenvalue weighted by molar-refractivity contribution is 9.10. The molecule has 0 saturated carbocycles. The number of aromatic nitrogens is 2. The zero-order valence-corrected chi connectivity index (χ0v) is 12.0. The van der Waals surface area contributed by atoms with Crippen molar-refractivity contribution in [1.29, 1.82) is 0 Å². The zero-order valence-electron chi connectivity index (χ0n) is 10.4. The third-order valence-corrected chi connectivity index (χ3v) is 3.67. The van der Waals surface area contributed by atoms with Crippen molar-refractivity contribution in [3.8, 4) is 0 Å². The van der Waals surface area contributed by atoms with E-state index in [9.17, 15) is 0 Å². The first-order chi connectivity index (χ1) is 7.56. The van der Waals surface area contributed by atoms with Gasteiger partial charge in [0, 0.05) is 25.4 Å². The van der Waals surface area contributed by atoms with Gasteiger partial charge < -0.3 is 10.1 Å². The van der Waals surface area contributed by atoms with Crippen LogP contribution in [0.5, 0.6) is 0 Å². The molecule has 0 bridgehead atoms. The van der Waals surface area contributed by atoms with E-state index in [4.69, 9.17) is 4.74 Å². The molecule has 0 saturated heterocycles. The average Bonchev–Trinajstić information content (AvgIpc) is 2.47. The molecule has 1 heterocycles. The number of hydrogen-bond donors (Lipinski definition) is 1. The second-order valence-corrected chi connectivity index (χ2v) is 4.81. The summed E-state index contributed by atoms with van der Waals surface area (Å²) in [5.74, 6) is 0. The van der Waals surface area contributed by atoms with Gasteiger partial charge in [0.2, 0.25) is 0 Å². The number of ether oxygens (including phenoxy) is 1. The summed E-state index contributed by atoms with van der Waals surface area (Å²) in [6, 6.07) is 0.380. The van der Waals surface area contributed by atoms with E-state index in [-0.39, 0.29) is 0 Å². The summed E-state index contributed by atoms with van der Waals surface area (Å²) in [5.41, 5.74) is 2.22. The van der Waals surface area contributed by atoms with Crippen LogP contribution in [0.1, 0.15) is 18.3 Å². The molecule has 92 valence electrons. The van der Waals surface area contributed by atoms with Gasteiger partial charge in [0.05, 0.1) is 23.3 Å². The predicted octanol–water partition coefficient (Wildman–Crippen LogP) is 1.89. The first-order valence-corrected chi connectivity index (χ1v) is 6.27. The molecule has 1 N–H and O–H groups in total. The molecule has 0 aliphatic rings. The van der Waals surface area contributed by atoms with Crippen LogP contribution in [0.15, 0.2) is 4.47 Å². The van der Waals surface area contributed by atoms with Gasteiger partial charge in [-0.15, -0.1) is 0 Å². The molecular weight excluding hydrogens is 270 g/mol. The molecule has 0 aromatic carbocycles. The number of halogens is 1. The lowest BCUT2D eigenvalue weighted by Crippen LogP contribution is -2.33. The van der Waals surface area contributed by atoms with Crippen molar-refractivity contribution in [2.24, 2.45) is 0 Å². The van der Waals surface area contributed by atoms with Gasteiger partial charge in [-0.1, -0.05) is 0 Å². The van der Waals surface area contributed by atoms with Crippen LogP contribution in [-0.2, 0) is 11.3 Å². The maximum Gasteiger partial charge on any atom is 0.0738 e. The van der Waals surface area contributed by atoms with Gasteiger partial charge in [0.15, 0.2) is 0 Å². The van der Waals surface area contributed by atoms with Gasteiger partial charge in [-0.2, -0.15) is 5.10 Å². The van der Waals surface area contributed by atoms with Crippen molar-refractivity contribution in [2.45, 2.75) is 33.4 Å². The third kappa shape index (κ3) is 3.57. The summed E-state index contributed by atoms with van der Waals surface area (Å²) < 4.78 is 8.19. The van der Waals surface area contributed by atoms with Gasteiger partial charge in [0.1, 0.15) is 0 Å². The van der Waals surface area contributed by atoms with E-state index in [1.165, 1.54) is 5.69 Å². The highest BCUT2D eigenvalue weighted by Crippen LogP contribution is 2.19. The van der Waals surface area contributed by atoms with Crippen molar-refractivity contribution >= 4 is 15.9 Å². The van der Waals surface area contributed by atoms with Crippen LogP contribution in [0.4, 0.5) is 0 Å². The summed E-state index contributed by atoms with van der Waals surface area (Å²) >= 11 is 3.52. The molecular formula is C11H20BrN3O. The summed E-state index contributed by atoms with van der Waals surface area (Å²) in [6.45, 7) is 8.71. The number of methoxy groups -OCH3 is 1. The molecule has 0 radical (unpaired) electrons. The van der Waals surface area contributed by atoms with Gasteiger partial charge in [-0.3, -0.25) is 4.68 Å². The van der Waals surface area contributed by atoms with Crippen LogP contribution in [0, 0.1) is 13.8 Å². The number of hydrogen-bond acceptors (Lipinski definition) is 3. The molecule has 0 aliphatic heterocycles. The van der Waals surface area contributed by atoms with Crippen LogP contribution < -0.4 is 5.32 Å². The van der Waals surface area contributed by atoms with Gasteiger partial charge >= 0.3 is 0 Å².